The summed E-state index contributed by atoms with van der Waals surface area (Å²) in [6, 6.07) is 8.28. The molecule has 1 atom stereocenters. The van der Waals surface area contributed by atoms with Gasteiger partial charge in [-0.15, -0.1) is 0 Å². The summed E-state index contributed by atoms with van der Waals surface area (Å²) in [7, 11) is -3.95. The minimum atomic E-state index is -3.95. The zero-order chi connectivity index (χ0) is 20.0. The molecule has 2 aromatic carbocycles. The molecule has 27 heavy (non-hydrogen) atoms. The Morgan fingerprint density at radius 2 is 1.85 bits per heavy atom. The molecule has 2 rings (SSSR count). The van der Waals surface area contributed by atoms with E-state index in [1.165, 1.54) is 12.1 Å². The molecule has 0 bridgehead atoms. The van der Waals surface area contributed by atoms with Crippen LogP contribution in [0.25, 0.3) is 0 Å². The Kier molecular flexibility index (Phi) is 7.29. The van der Waals surface area contributed by atoms with E-state index >= 15 is 0 Å². The maximum absolute atomic E-state index is 13.8. The number of hydrogen-bond acceptors (Lipinski definition) is 5. The van der Waals surface area contributed by atoms with Crippen LogP contribution in [-0.4, -0.2) is 27.3 Å². The lowest BCUT2D eigenvalue weighted by Gasteiger charge is -2.13. The lowest BCUT2D eigenvalue weighted by Crippen LogP contribution is -2.20. The van der Waals surface area contributed by atoms with Gasteiger partial charge in [-0.3, -0.25) is 4.18 Å². The van der Waals surface area contributed by atoms with Crippen LogP contribution < -0.4 is 0 Å². The third-order valence-electron chi connectivity index (χ3n) is 3.65. The van der Waals surface area contributed by atoms with Gasteiger partial charge in [-0.2, -0.15) is 8.42 Å². The van der Waals surface area contributed by atoms with Crippen LogP contribution in [0.5, 0.6) is 0 Å². The molecule has 9 heteroatoms. The highest BCUT2D eigenvalue weighted by Gasteiger charge is 2.19. The first-order valence-corrected chi connectivity index (χ1v) is 9.82. The minimum absolute atomic E-state index is 0.0227. The Morgan fingerprint density at radius 1 is 1.19 bits per heavy atom. The summed E-state index contributed by atoms with van der Waals surface area (Å²) < 4.78 is 56.7. The number of rotatable bonds is 8. The van der Waals surface area contributed by atoms with E-state index in [1.54, 1.807) is 19.1 Å². The fourth-order valence-electron chi connectivity index (χ4n) is 1.99. The fourth-order valence-corrected chi connectivity index (χ4v) is 3.09. The summed E-state index contributed by atoms with van der Waals surface area (Å²) in [6.45, 7) is 3.26. The molecule has 1 unspecified atom stereocenters. The molecule has 2 aromatic rings. The topological polar surface area (TPSA) is 65.0 Å². The SMILES string of the molecule is CCC(COS(=O)(=O)c1ccc(C)cc1)O/N=C/c1c(F)ccc(Cl)c1F. The molecule has 0 aromatic heterocycles. The van der Waals surface area contributed by atoms with E-state index in [-0.39, 0.29) is 16.5 Å². The maximum Gasteiger partial charge on any atom is 0.297 e. The zero-order valence-electron chi connectivity index (χ0n) is 14.7. The number of benzene rings is 2. The van der Waals surface area contributed by atoms with Crippen LogP contribution in [0.4, 0.5) is 8.78 Å². The first-order chi connectivity index (χ1) is 12.7. The summed E-state index contributed by atoms with van der Waals surface area (Å²) in [5, 5.41) is 3.27. The fraction of sp³-hybridized carbons (Fsp3) is 0.278. The monoisotopic (exact) mass is 417 g/mol. The maximum atomic E-state index is 13.8. The number of halogens is 3. The van der Waals surface area contributed by atoms with Gasteiger partial charge in [0, 0.05) is 0 Å². The molecule has 5 nitrogen and oxygen atoms in total. The Bertz CT molecular complexity index is 918. The van der Waals surface area contributed by atoms with Crippen molar-refractivity contribution >= 4 is 27.9 Å². The van der Waals surface area contributed by atoms with Gasteiger partial charge in [0.05, 0.1) is 21.7 Å². The van der Waals surface area contributed by atoms with Crippen LogP contribution in [0.2, 0.25) is 5.02 Å². The Balaban J connectivity index is 2.00. The van der Waals surface area contributed by atoms with Gasteiger partial charge in [-0.25, -0.2) is 8.78 Å². The Morgan fingerprint density at radius 3 is 2.48 bits per heavy atom. The second kappa shape index (κ2) is 9.25. The van der Waals surface area contributed by atoms with Crippen molar-refractivity contribution in [2.45, 2.75) is 31.3 Å². The summed E-state index contributed by atoms with van der Waals surface area (Å²) in [5.74, 6) is -1.81. The lowest BCUT2D eigenvalue weighted by atomic mass is 10.2. The molecule has 0 saturated carbocycles. The average molecular weight is 418 g/mol. The molecular weight excluding hydrogens is 400 g/mol. The molecular formula is C18H18ClF2NO4S. The van der Waals surface area contributed by atoms with Crippen molar-refractivity contribution in [1.82, 2.24) is 0 Å². The summed E-state index contributed by atoms with van der Waals surface area (Å²) in [5.41, 5.74) is 0.462. The van der Waals surface area contributed by atoms with E-state index in [4.69, 9.17) is 20.6 Å². The second-order valence-corrected chi connectivity index (χ2v) is 7.70. The molecule has 0 amide bonds. The predicted octanol–water partition coefficient (Wildman–Crippen LogP) is 4.46. The van der Waals surface area contributed by atoms with Gasteiger partial charge in [0.1, 0.15) is 12.4 Å². The quantitative estimate of drug-likeness (QED) is 0.275. The number of nitrogens with zero attached hydrogens (tertiary/aromatic N) is 1. The van der Waals surface area contributed by atoms with E-state index in [1.807, 2.05) is 6.92 Å². The van der Waals surface area contributed by atoms with Crippen molar-refractivity contribution in [3.05, 3.63) is 64.2 Å². The van der Waals surface area contributed by atoms with Crippen LogP contribution in [0, 0.1) is 18.6 Å². The second-order valence-electron chi connectivity index (χ2n) is 5.68. The molecule has 0 aliphatic carbocycles. The van der Waals surface area contributed by atoms with Crippen LogP contribution >= 0.6 is 11.6 Å². The largest absolute Gasteiger partial charge is 0.390 e. The molecule has 0 saturated heterocycles. The highest BCUT2D eigenvalue weighted by Crippen LogP contribution is 2.20. The zero-order valence-corrected chi connectivity index (χ0v) is 16.2. The molecule has 0 aliphatic rings. The Hall–Kier alpha value is -2.03. The first kappa shape index (κ1) is 21.3. The van der Waals surface area contributed by atoms with Crippen LogP contribution in [0.15, 0.2) is 46.4 Å². The molecule has 146 valence electrons. The van der Waals surface area contributed by atoms with Gasteiger partial charge < -0.3 is 4.84 Å². The van der Waals surface area contributed by atoms with E-state index in [9.17, 15) is 17.2 Å². The molecule has 0 fully saturated rings. The summed E-state index contributed by atoms with van der Waals surface area (Å²) in [4.78, 5) is 5.12. The third-order valence-corrected chi connectivity index (χ3v) is 5.23. The van der Waals surface area contributed by atoms with Gasteiger partial charge >= 0.3 is 0 Å². The first-order valence-electron chi connectivity index (χ1n) is 8.03. The van der Waals surface area contributed by atoms with E-state index in [0.717, 1.165) is 23.9 Å². The van der Waals surface area contributed by atoms with Gasteiger partial charge in [0.2, 0.25) is 0 Å². The molecule has 0 spiro atoms. The van der Waals surface area contributed by atoms with Crippen LogP contribution in [0.3, 0.4) is 0 Å². The highest BCUT2D eigenvalue weighted by molar-refractivity contribution is 7.86. The van der Waals surface area contributed by atoms with Crippen molar-refractivity contribution in [1.29, 1.82) is 0 Å². The van der Waals surface area contributed by atoms with Crippen molar-refractivity contribution in [3.8, 4) is 0 Å². The van der Waals surface area contributed by atoms with Crippen molar-refractivity contribution in [2.24, 2.45) is 5.16 Å². The normalized spacial score (nSPS) is 13.1. The van der Waals surface area contributed by atoms with Crippen LogP contribution in [0.1, 0.15) is 24.5 Å². The third kappa shape index (κ3) is 5.72. The number of oxime groups is 1. The van der Waals surface area contributed by atoms with E-state index in [2.05, 4.69) is 5.16 Å². The molecule has 0 aliphatic heterocycles. The predicted molar refractivity (Wildman–Crippen MR) is 98.4 cm³/mol. The van der Waals surface area contributed by atoms with Gasteiger partial charge in [-0.05, 0) is 37.6 Å². The minimum Gasteiger partial charge on any atom is -0.390 e. The smallest absolute Gasteiger partial charge is 0.297 e. The molecule has 0 heterocycles. The lowest BCUT2D eigenvalue weighted by molar-refractivity contribution is 0.0246. The highest BCUT2D eigenvalue weighted by atomic mass is 35.5. The van der Waals surface area contributed by atoms with Crippen molar-refractivity contribution < 1.29 is 26.2 Å². The van der Waals surface area contributed by atoms with Gasteiger partial charge in [0.15, 0.2) is 11.9 Å². The van der Waals surface area contributed by atoms with Crippen molar-refractivity contribution in [2.75, 3.05) is 6.61 Å². The summed E-state index contributed by atoms with van der Waals surface area (Å²) >= 11 is 5.59. The Labute approximate surface area is 161 Å². The number of hydrogen-bond donors (Lipinski definition) is 0. The van der Waals surface area contributed by atoms with Crippen LogP contribution in [-0.2, 0) is 19.1 Å². The average Bonchev–Trinajstić information content (AvgIpc) is 2.64. The number of aryl methyl sites for hydroxylation is 1. The van der Waals surface area contributed by atoms with E-state index in [0.29, 0.717) is 6.42 Å². The van der Waals surface area contributed by atoms with Gasteiger partial charge in [-0.1, -0.05) is 41.4 Å². The standard InChI is InChI=1S/C18H18ClF2NO4S/c1-3-13(11-25-27(23,24)14-6-4-12(2)5-7-14)26-22-10-15-17(20)9-8-16(19)18(15)21/h4-10,13H,3,11H2,1-2H3/b22-10+. The molecule has 0 radical (unpaired) electrons. The van der Waals surface area contributed by atoms with Gasteiger partial charge in [0.25, 0.3) is 10.1 Å². The van der Waals surface area contributed by atoms with E-state index < -0.39 is 33.4 Å². The summed E-state index contributed by atoms with van der Waals surface area (Å²) in [6.07, 6.45) is 0.473. The van der Waals surface area contributed by atoms with Crippen molar-refractivity contribution in [3.63, 3.8) is 0 Å². The molecule has 0 N–H and O–H groups in total.